The number of carbonyl (C=O) groups excluding carboxylic acids is 2. The molecule has 9 heteroatoms. The monoisotopic (exact) mass is 410 g/mol. The van der Waals surface area contributed by atoms with Gasteiger partial charge < -0.3 is 9.64 Å². The van der Waals surface area contributed by atoms with E-state index in [1.807, 2.05) is 12.1 Å². The lowest BCUT2D eigenvalue weighted by molar-refractivity contribution is -0.138. The van der Waals surface area contributed by atoms with Gasteiger partial charge in [-0.15, -0.1) is 11.8 Å². The van der Waals surface area contributed by atoms with Crippen molar-refractivity contribution in [3.63, 3.8) is 0 Å². The Morgan fingerprint density at radius 3 is 2.46 bits per heavy atom. The number of hydrogen-bond acceptors (Lipinski definition) is 4. The number of para-hydroxylation sites is 1. The maximum atomic E-state index is 13.6. The molecule has 0 saturated carbocycles. The Hall–Kier alpha value is -2.68. The number of hydrogen-bond donors (Lipinski definition) is 0. The molecule has 0 aliphatic carbocycles. The van der Waals surface area contributed by atoms with E-state index in [9.17, 15) is 22.8 Å². The van der Waals surface area contributed by atoms with Crippen molar-refractivity contribution in [3.8, 4) is 5.75 Å². The minimum absolute atomic E-state index is 0.226. The van der Waals surface area contributed by atoms with E-state index in [4.69, 9.17) is 4.74 Å². The SMILES string of the molecule is COc1c(C(=O)N(C)C)cc(C(=O)N2CSc3ccccc32)cc1C(F)(F)F. The number of carbonyl (C=O) groups is 2. The van der Waals surface area contributed by atoms with E-state index in [0.29, 0.717) is 5.69 Å². The Bertz CT molecular complexity index is 945. The molecule has 0 fully saturated rings. The largest absolute Gasteiger partial charge is 0.495 e. The number of methoxy groups -OCH3 is 1. The zero-order valence-electron chi connectivity index (χ0n) is 15.3. The molecule has 0 spiro atoms. The van der Waals surface area contributed by atoms with Gasteiger partial charge in [-0.1, -0.05) is 12.1 Å². The predicted octanol–water partition coefficient (Wildman–Crippen LogP) is 4.13. The molecule has 0 radical (unpaired) electrons. The molecule has 0 saturated heterocycles. The van der Waals surface area contributed by atoms with E-state index in [0.717, 1.165) is 29.0 Å². The van der Waals surface area contributed by atoms with Crippen LogP contribution in [0.1, 0.15) is 26.3 Å². The summed E-state index contributed by atoms with van der Waals surface area (Å²) < 4.78 is 45.7. The molecule has 0 atom stereocenters. The minimum atomic E-state index is -4.79. The van der Waals surface area contributed by atoms with Crippen LogP contribution in [0.5, 0.6) is 5.75 Å². The number of nitrogens with zero attached hydrogens (tertiary/aromatic N) is 2. The fraction of sp³-hybridized carbons (Fsp3) is 0.263. The van der Waals surface area contributed by atoms with Gasteiger partial charge in [0.25, 0.3) is 11.8 Å². The molecule has 148 valence electrons. The molecular weight excluding hydrogens is 393 g/mol. The van der Waals surface area contributed by atoms with Crippen molar-refractivity contribution in [2.45, 2.75) is 11.1 Å². The first kappa shape index (κ1) is 20.1. The Kier molecular flexibility index (Phi) is 5.29. The van der Waals surface area contributed by atoms with Crippen molar-refractivity contribution in [1.29, 1.82) is 0 Å². The first-order valence-corrected chi connectivity index (χ1v) is 9.18. The number of benzene rings is 2. The van der Waals surface area contributed by atoms with Crippen LogP contribution in [0, 0.1) is 0 Å². The molecule has 5 nitrogen and oxygen atoms in total. The van der Waals surface area contributed by atoms with Crippen LogP contribution in [0.3, 0.4) is 0 Å². The number of anilines is 1. The summed E-state index contributed by atoms with van der Waals surface area (Å²) >= 11 is 1.41. The Balaban J connectivity index is 2.15. The van der Waals surface area contributed by atoms with E-state index >= 15 is 0 Å². The number of thioether (sulfide) groups is 1. The highest BCUT2D eigenvalue weighted by atomic mass is 32.2. The average Bonchev–Trinajstić information content (AvgIpc) is 3.09. The third kappa shape index (κ3) is 3.54. The maximum Gasteiger partial charge on any atom is 0.420 e. The van der Waals surface area contributed by atoms with Gasteiger partial charge in [0.15, 0.2) is 0 Å². The van der Waals surface area contributed by atoms with Gasteiger partial charge in [-0.05, 0) is 24.3 Å². The van der Waals surface area contributed by atoms with E-state index < -0.39 is 29.3 Å². The summed E-state index contributed by atoms with van der Waals surface area (Å²) in [6.45, 7) is 0. The highest BCUT2D eigenvalue weighted by Gasteiger charge is 2.38. The third-order valence-electron chi connectivity index (χ3n) is 4.23. The van der Waals surface area contributed by atoms with Gasteiger partial charge >= 0.3 is 6.18 Å². The lowest BCUT2D eigenvalue weighted by atomic mass is 10.0. The molecule has 28 heavy (non-hydrogen) atoms. The second-order valence-electron chi connectivity index (χ2n) is 6.28. The van der Waals surface area contributed by atoms with E-state index in [2.05, 4.69) is 0 Å². The molecule has 2 amide bonds. The van der Waals surface area contributed by atoms with Crippen molar-refractivity contribution in [1.82, 2.24) is 4.90 Å². The number of alkyl halides is 3. The van der Waals surface area contributed by atoms with Gasteiger partial charge in [-0.2, -0.15) is 13.2 Å². The fourth-order valence-electron chi connectivity index (χ4n) is 2.91. The molecule has 0 bridgehead atoms. The average molecular weight is 410 g/mol. The Labute approximate surface area is 164 Å². The van der Waals surface area contributed by atoms with Crippen LogP contribution in [0.15, 0.2) is 41.3 Å². The van der Waals surface area contributed by atoms with Gasteiger partial charge in [0, 0.05) is 24.6 Å². The molecule has 3 rings (SSSR count). The van der Waals surface area contributed by atoms with Crippen LogP contribution in [0.4, 0.5) is 18.9 Å². The van der Waals surface area contributed by atoms with Gasteiger partial charge in [0.2, 0.25) is 0 Å². The second-order valence-corrected chi connectivity index (χ2v) is 7.26. The lowest BCUT2D eigenvalue weighted by Gasteiger charge is -2.21. The van der Waals surface area contributed by atoms with Crippen LogP contribution in [0.2, 0.25) is 0 Å². The predicted molar refractivity (Wildman–Crippen MR) is 100.0 cm³/mol. The highest BCUT2D eigenvalue weighted by Crippen LogP contribution is 2.42. The fourth-order valence-corrected chi connectivity index (χ4v) is 3.94. The maximum absolute atomic E-state index is 13.6. The summed E-state index contributed by atoms with van der Waals surface area (Å²) in [7, 11) is 3.89. The zero-order chi connectivity index (χ0) is 20.6. The van der Waals surface area contributed by atoms with Gasteiger partial charge in [-0.3, -0.25) is 14.5 Å². The van der Waals surface area contributed by atoms with Crippen LogP contribution >= 0.6 is 11.8 Å². The first-order chi connectivity index (χ1) is 13.1. The number of amides is 2. The first-order valence-electron chi connectivity index (χ1n) is 8.19. The van der Waals surface area contributed by atoms with Gasteiger partial charge in [-0.25, -0.2) is 0 Å². The van der Waals surface area contributed by atoms with Crippen LogP contribution in [-0.2, 0) is 6.18 Å². The zero-order valence-corrected chi connectivity index (χ0v) is 16.1. The Morgan fingerprint density at radius 1 is 1.18 bits per heavy atom. The standard InChI is InChI=1S/C19H17F3N2O3S/c1-23(2)18(26)12-8-11(9-13(16(12)27-3)19(20,21)22)17(25)24-10-28-15-7-5-4-6-14(15)24/h4-9H,10H2,1-3H3. The quantitative estimate of drug-likeness (QED) is 0.764. The topological polar surface area (TPSA) is 49.9 Å². The molecule has 0 N–H and O–H groups in total. The summed E-state index contributed by atoms with van der Waals surface area (Å²) in [4.78, 5) is 28.9. The van der Waals surface area contributed by atoms with Crippen molar-refractivity contribution in [3.05, 3.63) is 53.1 Å². The minimum Gasteiger partial charge on any atom is -0.495 e. The van der Waals surface area contributed by atoms with Crippen molar-refractivity contribution < 1.29 is 27.5 Å². The van der Waals surface area contributed by atoms with Crippen LogP contribution < -0.4 is 9.64 Å². The number of fused-ring (bicyclic) bond motifs is 1. The number of ether oxygens (including phenoxy) is 1. The van der Waals surface area contributed by atoms with Crippen molar-refractivity contribution in [2.24, 2.45) is 0 Å². The smallest absolute Gasteiger partial charge is 0.420 e. The summed E-state index contributed by atoms with van der Waals surface area (Å²) in [6, 6.07) is 9.03. The summed E-state index contributed by atoms with van der Waals surface area (Å²) in [5, 5.41) is 0. The van der Waals surface area contributed by atoms with Gasteiger partial charge in [0.05, 0.1) is 29.8 Å². The van der Waals surface area contributed by atoms with Crippen molar-refractivity contribution >= 4 is 29.3 Å². The van der Waals surface area contributed by atoms with E-state index in [1.54, 1.807) is 12.1 Å². The number of rotatable bonds is 3. The van der Waals surface area contributed by atoms with Gasteiger partial charge in [0.1, 0.15) is 5.75 Å². The van der Waals surface area contributed by atoms with Crippen LogP contribution in [0.25, 0.3) is 0 Å². The molecule has 2 aromatic carbocycles. The molecule has 0 aromatic heterocycles. The van der Waals surface area contributed by atoms with E-state index in [-0.39, 0.29) is 17.0 Å². The molecular formula is C19H17F3N2O3S. The molecule has 1 aliphatic rings. The molecule has 0 unspecified atom stereocenters. The lowest BCUT2D eigenvalue weighted by Crippen LogP contribution is -2.29. The second kappa shape index (κ2) is 7.38. The number of halogens is 3. The molecule has 2 aromatic rings. The van der Waals surface area contributed by atoms with Crippen LogP contribution in [-0.4, -0.2) is 43.8 Å². The van der Waals surface area contributed by atoms with E-state index in [1.165, 1.54) is 30.8 Å². The van der Waals surface area contributed by atoms with Crippen molar-refractivity contribution in [2.75, 3.05) is 32.0 Å². The Morgan fingerprint density at radius 2 is 1.86 bits per heavy atom. The summed E-state index contributed by atoms with van der Waals surface area (Å²) in [6.07, 6.45) is -4.79. The normalized spacial score (nSPS) is 13.3. The summed E-state index contributed by atoms with van der Waals surface area (Å²) in [5.41, 5.74) is -1.07. The summed E-state index contributed by atoms with van der Waals surface area (Å²) in [5.74, 6) is -1.62. The third-order valence-corrected chi connectivity index (χ3v) is 5.28. The molecule has 1 heterocycles. The highest BCUT2D eigenvalue weighted by molar-refractivity contribution is 8.00. The molecule has 1 aliphatic heterocycles.